The number of halogens is 1. The van der Waals surface area contributed by atoms with E-state index >= 15 is 0 Å². The summed E-state index contributed by atoms with van der Waals surface area (Å²) in [6.07, 6.45) is 0. The molecule has 2 aromatic carbocycles. The normalized spacial score (nSPS) is 12.4. The van der Waals surface area contributed by atoms with Gasteiger partial charge in [0.05, 0.1) is 21.8 Å². The number of methoxy groups -OCH3 is 1. The number of carbonyl (C=O) groups is 1. The van der Waals surface area contributed by atoms with Crippen molar-refractivity contribution in [3.05, 3.63) is 62.2 Å². The summed E-state index contributed by atoms with van der Waals surface area (Å²) in [5.74, 6) is -0.307. The second-order valence-corrected chi connectivity index (χ2v) is 9.06. The minimum Gasteiger partial charge on any atom is -0.383 e. The summed E-state index contributed by atoms with van der Waals surface area (Å²) in [5.41, 5.74) is 3.45. The van der Waals surface area contributed by atoms with Gasteiger partial charge in [0.15, 0.2) is 4.80 Å². The first-order chi connectivity index (χ1) is 13.5. The van der Waals surface area contributed by atoms with E-state index in [9.17, 15) is 4.79 Å². The maximum absolute atomic E-state index is 13.0. The van der Waals surface area contributed by atoms with Crippen LogP contribution >= 0.6 is 34.3 Å². The van der Waals surface area contributed by atoms with Gasteiger partial charge in [-0.1, -0.05) is 47.2 Å². The molecule has 28 heavy (non-hydrogen) atoms. The number of nitrogens with zero attached hydrogens (tertiary/aromatic N) is 2. The van der Waals surface area contributed by atoms with Crippen LogP contribution in [0, 0.1) is 13.8 Å². The molecule has 7 heteroatoms. The van der Waals surface area contributed by atoms with Gasteiger partial charge in [0, 0.05) is 23.7 Å². The van der Waals surface area contributed by atoms with Crippen LogP contribution in [0.25, 0.3) is 20.3 Å². The number of rotatable bonds is 4. The summed E-state index contributed by atoms with van der Waals surface area (Å²) < 4.78 is 9.44. The zero-order chi connectivity index (χ0) is 19.8. The van der Waals surface area contributed by atoms with Crippen molar-refractivity contribution in [2.45, 2.75) is 20.4 Å². The first-order valence-electron chi connectivity index (χ1n) is 8.85. The van der Waals surface area contributed by atoms with Crippen molar-refractivity contribution < 1.29 is 9.53 Å². The van der Waals surface area contributed by atoms with Crippen LogP contribution in [0.5, 0.6) is 0 Å². The molecule has 144 valence electrons. The smallest absolute Gasteiger partial charge is 0.291 e. The number of carbonyl (C=O) groups excluding carboxylic acids is 1. The number of fused-ring (bicyclic) bond motifs is 2. The lowest BCUT2D eigenvalue weighted by Crippen LogP contribution is -2.19. The summed E-state index contributed by atoms with van der Waals surface area (Å²) >= 11 is 9.38. The molecule has 0 bridgehead atoms. The average molecular weight is 431 g/mol. The zero-order valence-electron chi connectivity index (χ0n) is 15.8. The first-order valence-corrected chi connectivity index (χ1v) is 10.9. The van der Waals surface area contributed by atoms with Crippen molar-refractivity contribution in [3.8, 4) is 0 Å². The molecule has 4 nitrogen and oxygen atoms in total. The minimum absolute atomic E-state index is 0.307. The zero-order valence-corrected chi connectivity index (χ0v) is 18.2. The molecule has 4 aromatic rings. The summed E-state index contributed by atoms with van der Waals surface area (Å²) in [5, 5.41) is 1.37. The number of hydrogen-bond donors (Lipinski definition) is 0. The minimum atomic E-state index is -0.307. The predicted molar refractivity (Wildman–Crippen MR) is 118 cm³/mol. The van der Waals surface area contributed by atoms with Gasteiger partial charge < -0.3 is 9.30 Å². The predicted octanol–water partition coefficient (Wildman–Crippen LogP) is 5.58. The van der Waals surface area contributed by atoms with Crippen LogP contribution in [-0.4, -0.2) is 24.2 Å². The summed E-state index contributed by atoms with van der Waals surface area (Å²) in [6, 6.07) is 12.0. The van der Waals surface area contributed by atoms with E-state index in [-0.39, 0.29) is 5.91 Å². The Morgan fingerprint density at radius 1 is 1.18 bits per heavy atom. The Labute approximate surface area is 175 Å². The number of aromatic nitrogens is 1. The lowest BCUT2D eigenvalue weighted by atomic mass is 10.1. The molecule has 0 radical (unpaired) electrons. The molecule has 0 atom stereocenters. The maximum Gasteiger partial charge on any atom is 0.291 e. The van der Waals surface area contributed by atoms with Crippen LogP contribution in [0.4, 0.5) is 0 Å². The third-order valence-corrected chi connectivity index (χ3v) is 7.25. The third kappa shape index (κ3) is 3.42. The van der Waals surface area contributed by atoms with Gasteiger partial charge in [0.1, 0.15) is 4.88 Å². The molecule has 2 heterocycles. The van der Waals surface area contributed by atoms with Crippen molar-refractivity contribution in [2.24, 2.45) is 4.99 Å². The molecule has 0 saturated carbocycles. The van der Waals surface area contributed by atoms with Crippen LogP contribution in [0.15, 0.2) is 41.4 Å². The molecule has 0 aliphatic carbocycles. The van der Waals surface area contributed by atoms with Crippen LogP contribution in [0.1, 0.15) is 20.8 Å². The molecule has 4 rings (SSSR count). The quantitative estimate of drug-likeness (QED) is 0.424. The van der Waals surface area contributed by atoms with E-state index in [1.807, 2.05) is 24.3 Å². The van der Waals surface area contributed by atoms with Crippen molar-refractivity contribution in [1.29, 1.82) is 0 Å². The monoisotopic (exact) mass is 430 g/mol. The van der Waals surface area contributed by atoms with Gasteiger partial charge >= 0.3 is 0 Å². The molecule has 0 aliphatic rings. The van der Waals surface area contributed by atoms with E-state index in [0.29, 0.717) is 27.9 Å². The fourth-order valence-electron chi connectivity index (χ4n) is 3.36. The number of ether oxygens (including phenoxy) is 1. The van der Waals surface area contributed by atoms with Gasteiger partial charge in [-0.05, 0) is 37.1 Å². The molecule has 1 amide bonds. The van der Waals surface area contributed by atoms with Gasteiger partial charge in [0.2, 0.25) is 0 Å². The number of benzene rings is 2. The van der Waals surface area contributed by atoms with Gasteiger partial charge in [-0.2, -0.15) is 4.99 Å². The van der Waals surface area contributed by atoms with E-state index in [1.165, 1.54) is 28.2 Å². The fourth-order valence-corrected chi connectivity index (χ4v) is 5.98. The number of amides is 1. The molecular weight excluding hydrogens is 412 g/mol. The molecule has 2 aromatic heterocycles. The van der Waals surface area contributed by atoms with Gasteiger partial charge in [-0.3, -0.25) is 4.79 Å². The van der Waals surface area contributed by atoms with E-state index < -0.39 is 0 Å². The van der Waals surface area contributed by atoms with E-state index in [0.717, 1.165) is 25.9 Å². The molecule has 0 fully saturated rings. The van der Waals surface area contributed by atoms with E-state index in [2.05, 4.69) is 35.5 Å². The molecule has 0 saturated heterocycles. The summed E-state index contributed by atoms with van der Waals surface area (Å²) in [4.78, 5) is 18.6. The van der Waals surface area contributed by atoms with Crippen molar-refractivity contribution in [1.82, 2.24) is 4.57 Å². The number of hydrogen-bond acceptors (Lipinski definition) is 4. The second-order valence-electron chi connectivity index (χ2n) is 6.62. The third-order valence-electron chi connectivity index (χ3n) is 4.56. The Kier molecular flexibility index (Phi) is 5.38. The highest BCUT2D eigenvalue weighted by Gasteiger charge is 2.17. The number of aryl methyl sites for hydroxylation is 2. The van der Waals surface area contributed by atoms with Gasteiger partial charge in [-0.25, -0.2) is 0 Å². The summed E-state index contributed by atoms with van der Waals surface area (Å²) in [7, 11) is 1.67. The Morgan fingerprint density at radius 3 is 2.71 bits per heavy atom. The number of thiophene rings is 1. The van der Waals surface area contributed by atoms with Crippen LogP contribution in [0.3, 0.4) is 0 Å². The highest BCUT2D eigenvalue weighted by Crippen LogP contribution is 2.35. The first kappa shape index (κ1) is 19.3. The van der Waals surface area contributed by atoms with Crippen molar-refractivity contribution >= 4 is 60.5 Å². The van der Waals surface area contributed by atoms with Crippen molar-refractivity contribution in [2.75, 3.05) is 13.7 Å². The topological polar surface area (TPSA) is 43.6 Å². The average Bonchev–Trinajstić information content (AvgIpc) is 3.18. The molecule has 0 unspecified atom stereocenters. The van der Waals surface area contributed by atoms with Crippen LogP contribution in [0.2, 0.25) is 5.02 Å². The molecule has 0 N–H and O–H groups in total. The Hall–Kier alpha value is -1.99. The van der Waals surface area contributed by atoms with E-state index in [1.54, 1.807) is 7.11 Å². The van der Waals surface area contributed by atoms with Crippen LogP contribution in [-0.2, 0) is 11.3 Å². The highest BCUT2D eigenvalue weighted by molar-refractivity contribution is 7.21. The van der Waals surface area contributed by atoms with Gasteiger partial charge in [-0.15, -0.1) is 11.3 Å². The SMILES string of the molecule is COCCn1c(=NC(=O)c2sc3ccccc3c2Cl)sc2cc(C)cc(C)c21. The Bertz CT molecular complexity index is 1270. The van der Waals surface area contributed by atoms with Crippen molar-refractivity contribution in [3.63, 3.8) is 0 Å². The fraction of sp³-hybridized carbons (Fsp3) is 0.238. The van der Waals surface area contributed by atoms with Crippen LogP contribution < -0.4 is 4.80 Å². The number of thiazole rings is 1. The Morgan fingerprint density at radius 2 is 1.96 bits per heavy atom. The molecule has 0 aliphatic heterocycles. The molecular formula is C21H19ClN2O2S2. The maximum atomic E-state index is 13.0. The lowest BCUT2D eigenvalue weighted by molar-refractivity contribution is 0.100. The largest absolute Gasteiger partial charge is 0.383 e. The highest BCUT2D eigenvalue weighted by atomic mass is 35.5. The molecule has 0 spiro atoms. The summed E-state index contributed by atoms with van der Waals surface area (Å²) in [6.45, 7) is 5.33. The van der Waals surface area contributed by atoms with E-state index in [4.69, 9.17) is 16.3 Å². The standard InChI is InChI=1S/C21H19ClN2O2S2/c1-12-10-13(2)18-16(11-12)28-21(24(18)8-9-26-3)23-20(25)19-17(22)14-6-4-5-7-15(14)27-19/h4-7,10-11H,8-9H2,1-3H3. The second kappa shape index (κ2) is 7.79. The van der Waals surface area contributed by atoms with Gasteiger partial charge in [0.25, 0.3) is 5.91 Å². The Balaban J connectivity index is 1.89. The lowest BCUT2D eigenvalue weighted by Gasteiger charge is -2.07.